The van der Waals surface area contributed by atoms with Gasteiger partial charge in [-0.3, -0.25) is 9.48 Å². The number of hydrogen-bond donors (Lipinski definition) is 2. The molecule has 1 fully saturated rings. The molecule has 1 aliphatic carbocycles. The first-order valence-corrected chi connectivity index (χ1v) is 7.91. The molecule has 2 N–H and O–H groups in total. The number of hydrogen-bond acceptors (Lipinski definition) is 4. The number of nitrogens with zero attached hydrogens (tertiary/aromatic N) is 2. The molecule has 0 bridgehead atoms. The highest BCUT2D eigenvalue weighted by molar-refractivity contribution is 5.95. The van der Waals surface area contributed by atoms with Crippen molar-refractivity contribution in [2.24, 2.45) is 7.05 Å². The first-order valence-electron chi connectivity index (χ1n) is 7.91. The smallest absolute Gasteiger partial charge is 0.346 e. The molecular weight excluding hydrogens is 329 g/mol. The number of carbonyl (C=O) groups excluding carboxylic acids is 1. The topological polar surface area (TPSA) is 93.5 Å². The molecule has 1 atom stereocenters. The molecular formula is C17H18FN3O4. The zero-order valence-electron chi connectivity index (χ0n) is 13.6. The van der Waals surface area contributed by atoms with Crippen molar-refractivity contribution in [3.8, 4) is 5.75 Å². The van der Waals surface area contributed by atoms with Crippen LogP contribution in [0.5, 0.6) is 5.75 Å². The maximum absolute atomic E-state index is 12.9. The number of aliphatic carboxylic acids is 1. The summed E-state index contributed by atoms with van der Waals surface area (Å²) in [6.45, 7) is -0.218. The second-order valence-corrected chi connectivity index (χ2v) is 5.95. The zero-order valence-corrected chi connectivity index (χ0v) is 13.6. The number of nitrogens with one attached hydrogen (secondary N) is 1. The normalized spacial score (nSPS) is 14.8. The minimum atomic E-state index is -1.28. The highest BCUT2D eigenvalue weighted by atomic mass is 19.1. The fourth-order valence-electron chi connectivity index (χ4n) is 2.60. The van der Waals surface area contributed by atoms with Gasteiger partial charge in [0.2, 0.25) is 6.10 Å². The van der Waals surface area contributed by atoms with Crippen LogP contribution in [0, 0.1) is 5.82 Å². The van der Waals surface area contributed by atoms with Gasteiger partial charge in [0.15, 0.2) is 0 Å². The van der Waals surface area contributed by atoms with Crippen LogP contribution in [0.15, 0.2) is 30.5 Å². The van der Waals surface area contributed by atoms with Gasteiger partial charge in [-0.05, 0) is 37.1 Å². The van der Waals surface area contributed by atoms with Gasteiger partial charge in [0.1, 0.15) is 11.6 Å². The van der Waals surface area contributed by atoms with Crippen LogP contribution in [0.25, 0.3) is 0 Å². The van der Waals surface area contributed by atoms with Crippen LogP contribution in [-0.4, -0.2) is 39.4 Å². The Morgan fingerprint density at radius 2 is 2.08 bits per heavy atom. The number of amides is 1. The predicted octanol–water partition coefficient (Wildman–Crippen LogP) is 1.70. The third-order valence-corrected chi connectivity index (χ3v) is 4.01. The number of ether oxygens (including phenoxy) is 1. The summed E-state index contributed by atoms with van der Waals surface area (Å²) in [7, 11) is 1.78. The van der Waals surface area contributed by atoms with Crippen molar-refractivity contribution in [3.63, 3.8) is 0 Å². The van der Waals surface area contributed by atoms with Crippen molar-refractivity contribution >= 4 is 11.9 Å². The highest BCUT2D eigenvalue weighted by Crippen LogP contribution is 2.41. The van der Waals surface area contributed by atoms with E-state index in [0.717, 1.165) is 18.5 Å². The van der Waals surface area contributed by atoms with Gasteiger partial charge in [0, 0.05) is 13.0 Å². The van der Waals surface area contributed by atoms with Crippen molar-refractivity contribution in [1.29, 1.82) is 0 Å². The lowest BCUT2D eigenvalue weighted by Crippen LogP contribution is -2.40. The molecule has 1 saturated carbocycles. The van der Waals surface area contributed by atoms with Crippen molar-refractivity contribution in [1.82, 2.24) is 15.1 Å². The summed E-state index contributed by atoms with van der Waals surface area (Å²) in [6.07, 6.45) is 2.24. The maximum Gasteiger partial charge on any atom is 0.346 e. The SMILES string of the molecule is Cn1ncc(C(=O)NCC(Oc2ccc(F)cc2)C(=O)O)c1C1CC1. The van der Waals surface area contributed by atoms with E-state index in [0.29, 0.717) is 11.5 Å². The van der Waals surface area contributed by atoms with E-state index in [4.69, 9.17) is 4.74 Å². The van der Waals surface area contributed by atoms with E-state index in [2.05, 4.69) is 10.4 Å². The number of benzene rings is 1. The Labute approximate surface area is 143 Å². The Morgan fingerprint density at radius 1 is 1.40 bits per heavy atom. The monoisotopic (exact) mass is 347 g/mol. The summed E-state index contributed by atoms with van der Waals surface area (Å²) in [5, 5.41) is 15.9. The third kappa shape index (κ3) is 3.96. The second-order valence-electron chi connectivity index (χ2n) is 5.95. The van der Waals surface area contributed by atoms with Crippen LogP contribution in [-0.2, 0) is 11.8 Å². The lowest BCUT2D eigenvalue weighted by Gasteiger charge is -2.16. The number of aryl methyl sites for hydroxylation is 1. The van der Waals surface area contributed by atoms with Gasteiger partial charge in [-0.2, -0.15) is 5.10 Å². The molecule has 1 unspecified atom stereocenters. The third-order valence-electron chi connectivity index (χ3n) is 4.01. The van der Waals surface area contributed by atoms with Crippen molar-refractivity contribution in [2.75, 3.05) is 6.54 Å². The average molecular weight is 347 g/mol. The van der Waals surface area contributed by atoms with Gasteiger partial charge < -0.3 is 15.2 Å². The molecule has 1 aromatic carbocycles. The van der Waals surface area contributed by atoms with E-state index in [1.807, 2.05) is 0 Å². The number of carboxylic acids is 1. The fraction of sp³-hybridized carbons (Fsp3) is 0.353. The number of halogens is 1. The molecule has 2 aromatic rings. The molecule has 0 saturated heterocycles. The Morgan fingerprint density at radius 3 is 2.68 bits per heavy atom. The lowest BCUT2D eigenvalue weighted by atomic mass is 10.1. The quantitative estimate of drug-likeness (QED) is 0.795. The van der Waals surface area contributed by atoms with Crippen LogP contribution in [0.2, 0.25) is 0 Å². The minimum absolute atomic E-state index is 0.211. The Balaban J connectivity index is 1.64. The molecule has 0 spiro atoms. The Bertz CT molecular complexity index is 784. The van der Waals surface area contributed by atoms with E-state index in [1.165, 1.54) is 30.5 Å². The lowest BCUT2D eigenvalue weighted by molar-refractivity contribution is -0.144. The molecule has 25 heavy (non-hydrogen) atoms. The molecule has 1 amide bonds. The number of carbonyl (C=O) groups is 2. The van der Waals surface area contributed by atoms with Gasteiger partial charge in [-0.1, -0.05) is 0 Å². The summed E-state index contributed by atoms with van der Waals surface area (Å²) in [6, 6.07) is 5.01. The Hall–Kier alpha value is -2.90. The number of rotatable bonds is 7. The van der Waals surface area contributed by atoms with E-state index < -0.39 is 17.9 Å². The summed E-state index contributed by atoms with van der Waals surface area (Å²) in [5.74, 6) is -1.51. The van der Waals surface area contributed by atoms with Crippen LogP contribution in [0.4, 0.5) is 4.39 Å². The summed E-state index contributed by atoms with van der Waals surface area (Å²) in [4.78, 5) is 23.7. The van der Waals surface area contributed by atoms with E-state index >= 15 is 0 Å². The Kier molecular flexibility index (Phi) is 4.69. The zero-order chi connectivity index (χ0) is 18.0. The van der Waals surface area contributed by atoms with Gasteiger partial charge in [0.05, 0.1) is 24.0 Å². The highest BCUT2D eigenvalue weighted by Gasteiger charge is 2.32. The van der Waals surface area contributed by atoms with Gasteiger partial charge in [0.25, 0.3) is 5.91 Å². The average Bonchev–Trinajstić information content (AvgIpc) is 3.34. The van der Waals surface area contributed by atoms with Crippen LogP contribution >= 0.6 is 0 Å². The molecule has 0 radical (unpaired) electrons. The summed E-state index contributed by atoms with van der Waals surface area (Å²) < 4.78 is 19.9. The van der Waals surface area contributed by atoms with Crippen LogP contribution < -0.4 is 10.1 Å². The van der Waals surface area contributed by atoms with Crippen molar-refractivity contribution in [3.05, 3.63) is 47.5 Å². The number of aromatic nitrogens is 2. The second kappa shape index (κ2) is 6.92. The molecule has 1 aromatic heterocycles. The molecule has 8 heteroatoms. The summed E-state index contributed by atoms with van der Waals surface area (Å²) in [5.41, 5.74) is 1.32. The molecule has 0 aliphatic heterocycles. The first-order chi connectivity index (χ1) is 12.0. The standard InChI is InChI=1S/C17H18FN3O4/c1-21-15(10-2-3-10)13(8-20-21)16(22)19-9-14(17(23)24)25-12-6-4-11(18)5-7-12/h4-8,10,14H,2-3,9H2,1H3,(H,19,22)(H,23,24). The molecule has 3 rings (SSSR count). The van der Waals surface area contributed by atoms with E-state index in [9.17, 15) is 19.1 Å². The van der Waals surface area contributed by atoms with Crippen LogP contribution in [0.3, 0.4) is 0 Å². The largest absolute Gasteiger partial charge is 0.478 e. The minimum Gasteiger partial charge on any atom is -0.478 e. The number of carboxylic acid groups (broad SMARTS) is 1. The van der Waals surface area contributed by atoms with Crippen molar-refractivity contribution in [2.45, 2.75) is 24.9 Å². The van der Waals surface area contributed by atoms with Crippen LogP contribution in [0.1, 0.15) is 34.8 Å². The predicted molar refractivity (Wildman–Crippen MR) is 86.0 cm³/mol. The molecule has 1 heterocycles. The molecule has 1 aliphatic rings. The van der Waals surface area contributed by atoms with E-state index in [1.54, 1.807) is 11.7 Å². The first kappa shape index (κ1) is 16.9. The maximum atomic E-state index is 12.9. The van der Waals surface area contributed by atoms with E-state index in [-0.39, 0.29) is 18.2 Å². The summed E-state index contributed by atoms with van der Waals surface area (Å²) >= 11 is 0. The van der Waals surface area contributed by atoms with Gasteiger partial charge in [-0.25, -0.2) is 9.18 Å². The molecule has 132 valence electrons. The molecule has 7 nitrogen and oxygen atoms in total. The van der Waals surface area contributed by atoms with Gasteiger partial charge in [-0.15, -0.1) is 0 Å². The fourth-order valence-corrected chi connectivity index (χ4v) is 2.60. The van der Waals surface area contributed by atoms with Crippen molar-refractivity contribution < 1.29 is 23.8 Å². The van der Waals surface area contributed by atoms with Gasteiger partial charge >= 0.3 is 5.97 Å².